The molecule has 0 heterocycles. The van der Waals surface area contributed by atoms with E-state index in [1.165, 1.54) is 0 Å². The molecule has 1 aromatic rings. The topological polar surface area (TPSA) is 84.3 Å². The smallest absolute Gasteiger partial charge is 0.140 e. The zero-order chi connectivity index (χ0) is 8.27. The van der Waals surface area contributed by atoms with Gasteiger partial charge in [-0.2, -0.15) is 0 Å². The normalized spacial score (nSPS) is 9.64. The van der Waals surface area contributed by atoms with Gasteiger partial charge in [-0.3, -0.25) is 5.84 Å². The molecule has 0 aliphatic rings. The number of nitrogen functional groups attached to an aromatic ring is 1. The Kier molecular flexibility index (Phi) is 2.30. The highest BCUT2D eigenvalue weighted by molar-refractivity contribution is 5.56. The first-order valence-electron chi connectivity index (χ1n) is 3.26. The Morgan fingerprint density at radius 2 is 2.18 bits per heavy atom. The summed E-state index contributed by atoms with van der Waals surface area (Å²) in [6.45, 7) is 0.439. The summed E-state index contributed by atoms with van der Waals surface area (Å²) in [7, 11) is 0. The van der Waals surface area contributed by atoms with Gasteiger partial charge in [0.15, 0.2) is 0 Å². The van der Waals surface area contributed by atoms with E-state index < -0.39 is 0 Å². The van der Waals surface area contributed by atoms with Crippen molar-refractivity contribution >= 4 is 5.69 Å². The maximum atomic E-state index is 9.15. The summed E-state index contributed by atoms with van der Waals surface area (Å²) in [5.74, 6) is 5.25. The Morgan fingerprint density at radius 3 is 2.73 bits per heavy atom. The number of rotatable bonds is 2. The molecule has 0 bridgehead atoms. The zero-order valence-corrected chi connectivity index (χ0v) is 6.04. The molecule has 4 nitrogen and oxygen atoms in total. The first kappa shape index (κ1) is 7.84. The number of hydrogen-bond acceptors (Lipinski definition) is 4. The van der Waals surface area contributed by atoms with Crippen LogP contribution in [0.15, 0.2) is 18.2 Å². The molecule has 0 saturated heterocycles. The Labute approximate surface area is 64.8 Å². The van der Waals surface area contributed by atoms with Gasteiger partial charge >= 0.3 is 0 Å². The molecule has 1 rings (SSSR count). The highest BCUT2D eigenvalue weighted by Crippen LogP contribution is 2.22. The molecule has 1 aromatic carbocycles. The number of hydrazine groups is 1. The van der Waals surface area contributed by atoms with Crippen LogP contribution in [0.3, 0.4) is 0 Å². The van der Waals surface area contributed by atoms with E-state index in [2.05, 4.69) is 5.43 Å². The monoisotopic (exact) mass is 153 g/mol. The minimum atomic E-state index is 0.129. The summed E-state index contributed by atoms with van der Waals surface area (Å²) in [5, 5.41) is 9.15. The summed E-state index contributed by atoms with van der Waals surface area (Å²) in [6.07, 6.45) is 0. The molecule has 4 heteroatoms. The Bertz CT molecular complexity index is 249. The lowest BCUT2D eigenvalue weighted by Gasteiger charge is -2.04. The summed E-state index contributed by atoms with van der Waals surface area (Å²) in [4.78, 5) is 0. The molecule has 0 atom stereocenters. The molecule has 0 radical (unpaired) electrons. The second-order valence-corrected chi connectivity index (χ2v) is 2.20. The van der Waals surface area contributed by atoms with Gasteiger partial charge in [-0.15, -0.1) is 0 Å². The number of nitrogens with two attached hydrogens (primary N) is 2. The fraction of sp³-hybridized carbons (Fsp3) is 0.143. The van der Waals surface area contributed by atoms with Crippen molar-refractivity contribution in [1.29, 1.82) is 0 Å². The molecule has 6 N–H and O–H groups in total. The lowest BCUT2D eigenvalue weighted by Crippen LogP contribution is -2.07. The molecule has 0 aliphatic heterocycles. The van der Waals surface area contributed by atoms with Crippen molar-refractivity contribution in [1.82, 2.24) is 0 Å². The summed E-state index contributed by atoms with van der Waals surface area (Å²) >= 11 is 0. The standard InChI is InChI=1S/C7H11N3O/c8-4-5-1-2-7(11)6(3-5)10-9/h1-3,10-11H,4,8-9H2. The van der Waals surface area contributed by atoms with Crippen LogP contribution in [-0.2, 0) is 6.54 Å². The fourth-order valence-electron chi connectivity index (χ4n) is 0.826. The Hall–Kier alpha value is -1.26. The number of hydrogen-bond donors (Lipinski definition) is 4. The Balaban J connectivity index is 3.02. The molecular formula is C7H11N3O. The summed E-state index contributed by atoms with van der Waals surface area (Å²) < 4.78 is 0. The van der Waals surface area contributed by atoms with Crippen molar-refractivity contribution in [3.05, 3.63) is 23.8 Å². The van der Waals surface area contributed by atoms with Crippen molar-refractivity contribution < 1.29 is 5.11 Å². The van der Waals surface area contributed by atoms with Gasteiger partial charge < -0.3 is 16.3 Å². The number of nitrogens with one attached hydrogen (secondary N) is 1. The van der Waals surface area contributed by atoms with Gasteiger partial charge in [0.1, 0.15) is 5.75 Å². The molecule has 60 valence electrons. The van der Waals surface area contributed by atoms with Crippen molar-refractivity contribution in [2.24, 2.45) is 11.6 Å². The van der Waals surface area contributed by atoms with E-state index in [4.69, 9.17) is 16.7 Å². The predicted molar refractivity (Wildman–Crippen MR) is 43.8 cm³/mol. The van der Waals surface area contributed by atoms with E-state index in [0.29, 0.717) is 12.2 Å². The van der Waals surface area contributed by atoms with Gasteiger partial charge in [-0.1, -0.05) is 6.07 Å². The second kappa shape index (κ2) is 3.23. The average molecular weight is 153 g/mol. The average Bonchev–Trinajstić information content (AvgIpc) is 2.05. The van der Waals surface area contributed by atoms with Crippen LogP contribution in [0.2, 0.25) is 0 Å². The van der Waals surface area contributed by atoms with Gasteiger partial charge in [0.25, 0.3) is 0 Å². The first-order chi connectivity index (χ1) is 5.27. The summed E-state index contributed by atoms with van der Waals surface area (Å²) in [6, 6.07) is 5.00. The Morgan fingerprint density at radius 1 is 1.45 bits per heavy atom. The largest absolute Gasteiger partial charge is 0.506 e. The van der Waals surface area contributed by atoms with Crippen LogP contribution < -0.4 is 17.0 Å². The summed E-state index contributed by atoms with van der Waals surface area (Å²) in [5.41, 5.74) is 9.16. The van der Waals surface area contributed by atoms with E-state index in [1.54, 1.807) is 18.2 Å². The van der Waals surface area contributed by atoms with Gasteiger partial charge in [0.05, 0.1) is 5.69 Å². The fourth-order valence-corrected chi connectivity index (χ4v) is 0.826. The van der Waals surface area contributed by atoms with Crippen molar-refractivity contribution in [2.45, 2.75) is 6.54 Å². The van der Waals surface area contributed by atoms with E-state index >= 15 is 0 Å². The highest BCUT2D eigenvalue weighted by Gasteiger charge is 1.98. The van der Waals surface area contributed by atoms with Crippen LogP contribution in [0.5, 0.6) is 5.75 Å². The predicted octanol–water partition coefficient (Wildman–Crippen LogP) is 0.136. The third kappa shape index (κ3) is 1.60. The van der Waals surface area contributed by atoms with Gasteiger partial charge in [-0.05, 0) is 17.7 Å². The third-order valence-corrected chi connectivity index (χ3v) is 1.45. The van der Waals surface area contributed by atoms with Crippen LogP contribution in [0.1, 0.15) is 5.56 Å². The van der Waals surface area contributed by atoms with E-state index in [0.717, 1.165) is 5.56 Å². The highest BCUT2D eigenvalue weighted by atomic mass is 16.3. The van der Waals surface area contributed by atoms with Gasteiger partial charge in [0.2, 0.25) is 0 Å². The molecule has 0 unspecified atom stereocenters. The van der Waals surface area contributed by atoms with Crippen LogP contribution in [0.4, 0.5) is 5.69 Å². The number of anilines is 1. The molecule has 0 fully saturated rings. The van der Waals surface area contributed by atoms with E-state index in [-0.39, 0.29) is 5.75 Å². The van der Waals surface area contributed by atoms with Gasteiger partial charge in [-0.25, -0.2) is 0 Å². The van der Waals surface area contributed by atoms with Crippen LogP contribution >= 0.6 is 0 Å². The molecular weight excluding hydrogens is 142 g/mol. The number of phenols is 1. The first-order valence-corrected chi connectivity index (χ1v) is 3.26. The quantitative estimate of drug-likeness (QED) is 0.276. The lowest BCUT2D eigenvalue weighted by molar-refractivity contribution is 0.477. The maximum absolute atomic E-state index is 9.15. The van der Waals surface area contributed by atoms with Crippen molar-refractivity contribution in [3.63, 3.8) is 0 Å². The maximum Gasteiger partial charge on any atom is 0.140 e. The zero-order valence-electron chi connectivity index (χ0n) is 6.04. The molecule has 0 aliphatic carbocycles. The SMILES string of the molecule is NCc1ccc(O)c(NN)c1. The molecule has 0 amide bonds. The minimum absolute atomic E-state index is 0.129. The molecule has 0 aromatic heterocycles. The number of benzene rings is 1. The van der Waals surface area contributed by atoms with Crippen molar-refractivity contribution in [2.75, 3.05) is 5.43 Å². The van der Waals surface area contributed by atoms with Crippen LogP contribution in [0, 0.1) is 0 Å². The second-order valence-electron chi connectivity index (χ2n) is 2.20. The van der Waals surface area contributed by atoms with E-state index in [1.807, 2.05) is 0 Å². The van der Waals surface area contributed by atoms with E-state index in [9.17, 15) is 0 Å². The van der Waals surface area contributed by atoms with Crippen LogP contribution in [0.25, 0.3) is 0 Å². The third-order valence-electron chi connectivity index (χ3n) is 1.45. The van der Waals surface area contributed by atoms with Gasteiger partial charge in [0, 0.05) is 6.54 Å². The lowest BCUT2D eigenvalue weighted by atomic mass is 10.2. The molecule has 0 saturated carbocycles. The van der Waals surface area contributed by atoms with Crippen LogP contribution in [-0.4, -0.2) is 5.11 Å². The number of phenolic OH excluding ortho intramolecular Hbond substituents is 1. The molecule has 11 heavy (non-hydrogen) atoms. The molecule has 0 spiro atoms. The number of aromatic hydroxyl groups is 1. The minimum Gasteiger partial charge on any atom is -0.506 e. The van der Waals surface area contributed by atoms with Crippen molar-refractivity contribution in [3.8, 4) is 5.75 Å².